The number of carboxylic acid groups (broad SMARTS) is 1. The molecule has 2 N–H and O–H groups in total. The van der Waals surface area contributed by atoms with E-state index in [2.05, 4.69) is 48.4 Å². The SMILES string of the molecule is Cc1cccc(-c2cnc3ccn(CC(=O)NC4CC4)c3c2)c1C.O=C(O)C(F)(F)F. The highest BCUT2D eigenvalue weighted by atomic mass is 19.4. The topological polar surface area (TPSA) is 84.2 Å². The fourth-order valence-corrected chi connectivity index (χ4v) is 3.07. The molecule has 0 aliphatic heterocycles. The minimum absolute atomic E-state index is 0.0761. The molecule has 2 heterocycles. The molecule has 1 aromatic carbocycles. The summed E-state index contributed by atoms with van der Waals surface area (Å²) < 4.78 is 33.7. The van der Waals surface area contributed by atoms with Crippen LogP contribution in [0.5, 0.6) is 0 Å². The molecule has 3 aromatic rings. The van der Waals surface area contributed by atoms with E-state index in [4.69, 9.17) is 9.90 Å². The predicted molar refractivity (Wildman–Crippen MR) is 109 cm³/mol. The van der Waals surface area contributed by atoms with Gasteiger partial charge in [-0.1, -0.05) is 18.2 Å². The maximum Gasteiger partial charge on any atom is 0.490 e. The van der Waals surface area contributed by atoms with Crippen LogP contribution in [0.2, 0.25) is 0 Å². The van der Waals surface area contributed by atoms with Crippen molar-refractivity contribution in [2.75, 3.05) is 0 Å². The van der Waals surface area contributed by atoms with Crippen LogP contribution in [-0.2, 0) is 16.1 Å². The molecular weight excluding hydrogens is 411 g/mol. The quantitative estimate of drug-likeness (QED) is 0.645. The standard InChI is InChI=1S/C20H21N3O.C2HF3O2/c1-13-4-3-5-17(14(13)2)15-10-19-18(21-11-15)8-9-23(19)12-20(24)22-16-6-7-16;3-2(4,5)1(6)7/h3-5,8-11,16H,6-7,12H2,1-2H3,(H,22,24);(H,6,7). The van der Waals surface area contributed by atoms with Gasteiger partial charge in [0.25, 0.3) is 0 Å². The maximum atomic E-state index is 12.1. The van der Waals surface area contributed by atoms with Gasteiger partial charge in [0.15, 0.2) is 0 Å². The molecule has 1 saturated carbocycles. The number of carbonyl (C=O) groups excluding carboxylic acids is 1. The largest absolute Gasteiger partial charge is 0.490 e. The summed E-state index contributed by atoms with van der Waals surface area (Å²) in [4.78, 5) is 25.6. The van der Waals surface area contributed by atoms with Gasteiger partial charge in [-0.05, 0) is 55.5 Å². The molecule has 1 aliphatic carbocycles. The number of carboxylic acids is 1. The molecule has 164 valence electrons. The van der Waals surface area contributed by atoms with E-state index in [0.717, 1.165) is 29.4 Å². The molecule has 0 saturated heterocycles. The fraction of sp³-hybridized carbons (Fsp3) is 0.318. The van der Waals surface area contributed by atoms with E-state index in [9.17, 15) is 18.0 Å². The second-order valence-electron chi connectivity index (χ2n) is 7.46. The number of benzene rings is 1. The van der Waals surface area contributed by atoms with E-state index >= 15 is 0 Å². The van der Waals surface area contributed by atoms with Gasteiger partial charge < -0.3 is 15.0 Å². The number of fused-ring (bicyclic) bond motifs is 1. The Labute approximate surface area is 176 Å². The zero-order valence-corrected chi connectivity index (χ0v) is 17.0. The average Bonchev–Trinajstić information content (AvgIpc) is 3.42. The van der Waals surface area contributed by atoms with E-state index in [1.54, 1.807) is 0 Å². The molecule has 4 rings (SSSR count). The maximum absolute atomic E-state index is 12.1. The predicted octanol–water partition coefficient (Wildman–Crippen LogP) is 4.23. The molecule has 2 aromatic heterocycles. The van der Waals surface area contributed by atoms with Gasteiger partial charge in [-0.2, -0.15) is 13.2 Å². The third-order valence-corrected chi connectivity index (χ3v) is 5.03. The number of rotatable bonds is 4. The second kappa shape index (κ2) is 8.79. The number of aromatic nitrogens is 2. The first kappa shape index (κ1) is 22.3. The van der Waals surface area contributed by atoms with Crippen molar-refractivity contribution in [1.29, 1.82) is 0 Å². The van der Waals surface area contributed by atoms with Gasteiger partial charge in [0.05, 0.1) is 11.0 Å². The third kappa shape index (κ3) is 5.62. The van der Waals surface area contributed by atoms with Crippen LogP contribution in [0.4, 0.5) is 13.2 Å². The van der Waals surface area contributed by atoms with Gasteiger partial charge in [0.1, 0.15) is 6.54 Å². The van der Waals surface area contributed by atoms with Crippen LogP contribution in [-0.4, -0.2) is 38.8 Å². The average molecular weight is 433 g/mol. The third-order valence-electron chi connectivity index (χ3n) is 5.03. The summed E-state index contributed by atoms with van der Waals surface area (Å²) in [6.45, 7) is 4.60. The number of hydrogen-bond donors (Lipinski definition) is 2. The summed E-state index contributed by atoms with van der Waals surface area (Å²) in [7, 11) is 0. The number of aryl methyl sites for hydroxylation is 1. The number of nitrogens with one attached hydrogen (secondary N) is 1. The number of hydrogen-bond acceptors (Lipinski definition) is 3. The highest BCUT2D eigenvalue weighted by Crippen LogP contribution is 2.28. The van der Waals surface area contributed by atoms with Crippen molar-refractivity contribution < 1.29 is 27.9 Å². The molecule has 0 unspecified atom stereocenters. The van der Waals surface area contributed by atoms with Gasteiger partial charge in [-0.25, -0.2) is 4.79 Å². The first-order chi connectivity index (χ1) is 14.6. The van der Waals surface area contributed by atoms with E-state index < -0.39 is 12.1 Å². The fourth-order valence-electron chi connectivity index (χ4n) is 3.07. The Hall–Kier alpha value is -3.36. The number of pyridine rings is 1. The van der Waals surface area contributed by atoms with Crippen LogP contribution in [0.3, 0.4) is 0 Å². The highest BCUT2D eigenvalue weighted by Gasteiger charge is 2.38. The molecule has 1 amide bonds. The first-order valence-electron chi connectivity index (χ1n) is 9.67. The minimum atomic E-state index is -5.08. The summed E-state index contributed by atoms with van der Waals surface area (Å²) >= 11 is 0. The van der Waals surface area contributed by atoms with Gasteiger partial charge >= 0.3 is 12.1 Å². The van der Waals surface area contributed by atoms with Crippen molar-refractivity contribution >= 4 is 22.9 Å². The van der Waals surface area contributed by atoms with Gasteiger partial charge in [0, 0.05) is 24.0 Å². The van der Waals surface area contributed by atoms with Gasteiger partial charge in [-0.3, -0.25) is 9.78 Å². The molecule has 31 heavy (non-hydrogen) atoms. The molecule has 0 bridgehead atoms. The highest BCUT2D eigenvalue weighted by molar-refractivity contribution is 5.84. The molecule has 6 nitrogen and oxygen atoms in total. The number of halogens is 3. The number of carbonyl (C=O) groups is 2. The number of alkyl halides is 3. The molecular formula is C22H22F3N3O3. The van der Waals surface area contributed by atoms with Crippen molar-refractivity contribution in [1.82, 2.24) is 14.9 Å². The molecule has 1 aliphatic rings. The van der Waals surface area contributed by atoms with Crippen LogP contribution >= 0.6 is 0 Å². The molecule has 9 heteroatoms. The lowest BCUT2D eigenvalue weighted by molar-refractivity contribution is -0.192. The lowest BCUT2D eigenvalue weighted by Crippen LogP contribution is -2.29. The van der Waals surface area contributed by atoms with Crippen LogP contribution in [0.25, 0.3) is 22.2 Å². The lowest BCUT2D eigenvalue weighted by atomic mass is 9.98. The van der Waals surface area contributed by atoms with Crippen LogP contribution in [0.1, 0.15) is 24.0 Å². The number of nitrogens with zero attached hydrogens (tertiary/aromatic N) is 2. The zero-order chi connectivity index (χ0) is 22.8. The molecule has 1 fully saturated rings. The number of aliphatic carboxylic acids is 1. The Morgan fingerprint density at radius 2 is 1.90 bits per heavy atom. The Morgan fingerprint density at radius 1 is 1.23 bits per heavy atom. The molecule has 0 spiro atoms. The summed E-state index contributed by atoms with van der Waals surface area (Å²) in [6, 6.07) is 10.8. The van der Waals surface area contributed by atoms with E-state index in [1.165, 1.54) is 16.7 Å². The monoisotopic (exact) mass is 433 g/mol. The van der Waals surface area contributed by atoms with Crippen molar-refractivity contribution in [2.45, 2.75) is 45.5 Å². The summed E-state index contributed by atoms with van der Waals surface area (Å²) in [6.07, 6.45) is 0.989. The smallest absolute Gasteiger partial charge is 0.475 e. The normalized spacial score (nSPS) is 13.5. The van der Waals surface area contributed by atoms with Crippen LogP contribution in [0.15, 0.2) is 42.7 Å². The van der Waals surface area contributed by atoms with Crippen molar-refractivity contribution in [3.8, 4) is 11.1 Å². The molecule has 0 atom stereocenters. The lowest BCUT2D eigenvalue weighted by Gasteiger charge is -2.10. The van der Waals surface area contributed by atoms with Gasteiger partial charge in [-0.15, -0.1) is 0 Å². The van der Waals surface area contributed by atoms with Gasteiger partial charge in [0.2, 0.25) is 5.91 Å². The van der Waals surface area contributed by atoms with Crippen LogP contribution < -0.4 is 5.32 Å². The number of amides is 1. The Morgan fingerprint density at radius 3 is 2.52 bits per heavy atom. The summed E-state index contributed by atoms with van der Waals surface area (Å²) in [5.41, 5.74) is 6.74. The van der Waals surface area contributed by atoms with Crippen molar-refractivity contribution in [2.24, 2.45) is 0 Å². The van der Waals surface area contributed by atoms with E-state index in [1.807, 2.05) is 23.0 Å². The summed E-state index contributed by atoms with van der Waals surface area (Å²) in [5.74, 6) is -2.68. The van der Waals surface area contributed by atoms with Crippen LogP contribution in [0, 0.1) is 13.8 Å². The first-order valence-corrected chi connectivity index (χ1v) is 9.67. The summed E-state index contributed by atoms with van der Waals surface area (Å²) in [5, 5.41) is 10.2. The Kier molecular flexibility index (Phi) is 6.33. The van der Waals surface area contributed by atoms with Crippen molar-refractivity contribution in [3.63, 3.8) is 0 Å². The Bertz CT molecular complexity index is 1120. The van der Waals surface area contributed by atoms with E-state index in [-0.39, 0.29) is 5.91 Å². The zero-order valence-electron chi connectivity index (χ0n) is 17.0. The minimum Gasteiger partial charge on any atom is -0.475 e. The second-order valence-corrected chi connectivity index (χ2v) is 7.46. The van der Waals surface area contributed by atoms with E-state index in [0.29, 0.717) is 12.6 Å². The van der Waals surface area contributed by atoms with Crippen molar-refractivity contribution in [3.05, 3.63) is 53.9 Å². The Balaban J connectivity index is 0.000000339. The molecule has 0 radical (unpaired) electrons.